The number of nitrogens with zero attached hydrogens (tertiary/aromatic N) is 6. The second-order valence-electron chi connectivity index (χ2n) is 12.4. The number of halogens is 4. The van der Waals surface area contributed by atoms with E-state index in [2.05, 4.69) is 0 Å². The molecule has 2 aromatic carbocycles. The van der Waals surface area contributed by atoms with Gasteiger partial charge in [0.2, 0.25) is 0 Å². The molecular weight excluding hydrogens is 713 g/mol. The summed E-state index contributed by atoms with van der Waals surface area (Å²) in [6.45, 7) is 0. The number of benzene rings is 2. The van der Waals surface area contributed by atoms with E-state index >= 15 is 0 Å². The second-order valence-corrected chi connectivity index (χ2v) is 14.5. The van der Waals surface area contributed by atoms with Crippen LogP contribution in [0.1, 0.15) is 85.4 Å². The lowest BCUT2D eigenvalue weighted by atomic mass is 9.72. The number of Topliss-reactive ketones (excluding diaryl/α,β-unsaturated/α-hetero) is 2. The molecule has 52 heavy (non-hydrogen) atoms. The molecule has 0 saturated heterocycles. The number of fused-ring (bicyclic) bond motifs is 7. The van der Waals surface area contributed by atoms with Crippen molar-refractivity contribution in [2.75, 3.05) is 0 Å². The Kier molecular flexibility index (Phi) is 7.51. The van der Waals surface area contributed by atoms with Gasteiger partial charge in [-0.3, -0.25) is 9.59 Å². The minimum Gasteiger partial charge on any atom is -0.289 e. The average molecular weight is 729 g/mol. The highest BCUT2D eigenvalue weighted by Crippen LogP contribution is 2.59. The van der Waals surface area contributed by atoms with E-state index in [1.54, 1.807) is 24.3 Å². The first-order valence-electron chi connectivity index (χ1n) is 15.7. The van der Waals surface area contributed by atoms with Crippen molar-refractivity contribution in [3.63, 3.8) is 0 Å². The Balaban J connectivity index is 1.28. The van der Waals surface area contributed by atoms with E-state index in [0.717, 1.165) is 64.7 Å². The van der Waals surface area contributed by atoms with E-state index < -0.39 is 51.4 Å². The highest BCUT2D eigenvalue weighted by molar-refractivity contribution is 7.23. The first kappa shape index (κ1) is 32.9. The number of nitriles is 4. The largest absolute Gasteiger partial charge is 0.289 e. The molecule has 4 aromatic rings. The van der Waals surface area contributed by atoms with Crippen LogP contribution in [0, 0.1) is 68.6 Å². The fraction of sp³-hybridized carbons (Fsp3) is 0.158. The first-order chi connectivity index (χ1) is 25.0. The van der Waals surface area contributed by atoms with Crippen LogP contribution in [-0.2, 0) is 5.41 Å². The van der Waals surface area contributed by atoms with E-state index in [-0.39, 0.29) is 44.5 Å². The van der Waals surface area contributed by atoms with Gasteiger partial charge in [-0.1, -0.05) is 19.3 Å². The summed E-state index contributed by atoms with van der Waals surface area (Å²) in [5, 5.41) is 39.5. The minimum atomic E-state index is -1.25. The summed E-state index contributed by atoms with van der Waals surface area (Å²) in [7, 11) is 0. The number of carbonyl (C=O) groups excluding carboxylic acids is 2. The molecule has 0 unspecified atom stereocenters. The van der Waals surface area contributed by atoms with Crippen LogP contribution in [0.4, 0.5) is 17.6 Å². The molecule has 0 atom stereocenters. The van der Waals surface area contributed by atoms with Gasteiger partial charge < -0.3 is 0 Å². The standard InChI is InChI=1S/C38H16F4N6O2S2/c39-24-6-18-20(8-26(24)41)32(49)22(30(18)16(12-43)13-44)10-28-47-36-34(51-28)35-37(38(36)4-2-1-3-5-38)48-29(52-35)11-23-31(17(14-45)15-46)19-7-25(40)27(42)9-21(19)33(23)50/h6-11H,1-5H2/b22-10-,23-11-. The monoisotopic (exact) mass is 728 g/mol. The van der Waals surface area contributed by atoms with E-state index in [0.29, 0.717) is 22.9 Å². The topological polar surface area (TPSA) is 155 Å². The molecule has 2 heterocycles. The van der Waals surface area contributed by atoms with Crippen LogP contribution < -0.4 is 0 Å². The number of rotatable bonds is 2. The van der Waals surface area contributed by atoms with E-state index in [1.165, 1.54) is 34.8 Å². The summed E-state index contributed by atoms with van der Waals surface area (Å²) in [6, 6.07) is 10.1. The van der Waals surface area contributed by atoms with Crippen molar-refractivity contribution in [3.05, 3.63) is 113 Å². The molecule has 250 valence electrons. The maximum atomic E-state index is 14.3. The third-order valence-corrected chi connectivity index (χ3v) is 11.9. The summed E-state index contributed by atoms with van der Waals surface area (Å²) in [4.78, 5) is 38.5. The van der Waals surface area contributed by atoms with Crippen molar-refractivity contribution in [1.29, 1.82) is 21.0 Å². The lowest BCUT2D eigenvalue weighted by Crippen LogP contribution is -2.29. The van der Waals surface area contributed by atoms with Crippen molar-refractivity contribution in [1.82, 2.24) is 9.97 Å². The smallest absolute Gasteiger partial charge is 0.194 e. The summed E-state index contributed by atoms with van der Waals surface area (Å²) >= 11 is 2.45. The minimum absolute atomic E-state index is 0.0676. The zero-order valence-corrected chi connectivity index (χ0v) is 28.0. The summed E-state index contributed by atoms with van der Waals surface area (Å²) in [5.74, 6) is -6.36. The fourth-order valence-corrected chi connectivity index (χ4v) is 9.87. The molecule has 1 saturated carbocycles. The quantitative estimate of drug-likeness (QED) is 0.113. The molecule has 4 aliphatic rings. The third kappa shape index (κ3) is 4.59. The van der Waals surface area contributed by atoms with Crippen molar-refractivity contribution in [2.24, 2.45) is 0 Å². The number of aromatic nitrogens is 2. The summed E-state index contributed by atoms with van der Waals surface area (Å²) in [6.07, 6.45) is 6.91. The molecule has 0 bridgehead atoms. The van der Waals surface area contributed by atoms with Crippen LogP contribution >= 0.6 is 22.7 Å². The van der Waals surface area contributed by atoms with Gasteiger partial charge in [-0.25, -0.2) is 27.5 Å². The first-order valence-corrected chi connectivity index (χ1v) is 17.3. The van der Waals surface area contributed by atoms with Crippen molar-refractivity contribution in [2.45, 2.75) is 37.5 Å². The van der Waals surface area contributed by atoms with Crippen LogP contribution in [-0.4, -0.2) is 21.5 Å². The zero-order chi connectivity index (χ0) is 36.6. The lowest BCUT2D eigenvalue weighted by molar-refractivity contribution is 0.103. The van der Waals surface area contributed by atoms with Crippen molar-refractivity contribution < 1.29 is 27.2 Å². The molecule has 0 radical (unpaired) electrons. The van der Waals surface area contributed by atoms with Gasteiger partial charge in [0.15, 0.2) is 34.8 Å². The summed E-state index contributed by atoms with van der Waals surface area (Å²) in [5.41, 5.74) is -0.983. The molecule has 8 rings (SSSR count). The van der Waals surface area contributed by atoms with E-state index in [9.17, 15) is 48.2 Å². The van der Waals surface area contributed by atoms with Gasteiger partial charge in [0.05, 0.1) is 26.6 Å². The summed E-state index contributed by atoms with van der Waals surface area (Å²) < 4.78 is 57.0. The SMILES string of the molecule is N#CC(C#N)=C1/C(=C/c2nc3c(s2)-c2sc(/C=C4\C(=O)c5cc(F)c(F)cc5C4=C(C#N)C#N)nc2C32CCCCC2)C(=O)c2cc(F)c(F)cc21. The van der Waals surface area contributed by atoms with Gasteiger partial charge in [0, 0.05) is 33.4 Å². The molecule has 1 spiro atoms. The van der Waals surface area contributed by atoms with Crippen LogP contribution in [0.3, 0.4) is 0 Å². The predicted octanol–water partition coefficient (Wildman–Crippen LogP) is 8.55. The molecule has 14 heteroatoms. The van der Waals surface area contributed by atoms with Gasteiger partial charge in [0.1, 0.15) is 45.4 Å². The number of hydrogen-bond donors (Lipinski definition) is 0. The number of hydrogen-bond acceptors (Lipinski definition) is 10. The Morgan fingerprint density at radius 3 is 1.35 bits per heavy atom. The van der Waals surface area contributed by atoms with Crippen LogP contribution in [0.15, 0.2) is 46.6 Å². The second kappa shape index (κ2) is 11.9. The fourth-order valence-electron chi connectivity index (χ4n) is 7.52. The Morgan fingerprint density at radius 2 is 0.981 bits per heavy atom. The lowest BCUT2D eigenvalue weighted by Gasteiger charge is -2.32. The normalized spacial score (nSPS) is 17.8. The number of thiazole rings is 2. The molecule has 0 N–H and O–H groups in total. The maximum absolute atomic E-state index is 14.3. The van der Waals surface area contributed by atoms with Crippen molar-refractivity contribution in [3.8, 4) is 34.0 Å². The van der Waals surface area contributed by atoms with E-state index in [1.807, 2.05) is 0 Å². The Hall–Kier alpha value is -6.32. The predicted molar refractivity (Wildman–Crippen MR) is 181 cm³/mol. The van der Waals surface area contributed by atoms with Gasteiger partial charge in [0.25, 0.3) is 0 Å². The Morgan fingerprint density at radius 1 is 0.615 bits per heavy atom. The molecule has 0 aliphatic heterocycles. The van der Waals surface area contributed by atoms with Gasteiger partial charge >= 0.3 is 0 Å². The number of allylic oxidation sites excluding steroid dienone is 6. The molecule has 1 fully saturated rings. The molecule has 0 amide bonds. The van der Waals surface area contributed by atoms with Gasteiger partial charge in [-0.2, -0.15) is 21.0 Å². The average Bonchev–Trinajstić information content (AvgIpc) is 3.91. The Labute approximate surface area is 299 Å². The molecule has 2 aromatic heterocycles. The highest BCUT2D eigenvalue weighted by Gasteiger charge is 2.49. The Bertz CT molecular complexity index is 2490. The highest BCUT2D eigenvalue weighted by atomic mass is 32.1. The van der Waals surface area contributed by atoms with Crippen LogP contribution in [0.25, 0.3) is 33.1 Å². The molecular formula is C38H16F4N6O2S2. The molecule has 8 nitrogen and oxygen atoms in total. The third-order valence-electron chi connectivity index (χ3n) is 9.77. The van der Waals surface area contributed by atoms with Crippen LogP contribution in [0.2, 0.25) is 0 Å². The number of ketones is 2. The van der Waals surface area contributed by atoms with Crippen molar-refractivity contribution >= 4 is 57.5 Å². The zero-order valence-electron chi connectivity index (χ0n) is 26.3. The maximum Gasteiger partial charge on any atom is 0.194 e. The van der Waals surface area contributed by atoms with Crippen LogP contribution in [0.5, 0.6) is 0 Å². The molecule has 4 aliphatic carbocycles. The van der Waals surface area contributed by atoms with Gasteiger partial charge in [-0.05, 0) is 60.4 Å². The van der Waals surface area contributed by atoms with E-state index in [4.69, 9.17) is 9.97 Å². The number of carbonyl (C=O) groups is 2. The van der Waals surface area contributed by atoms with Gasteiger partial charge in [-0.15, -0.1) is 22.7 Å².